The molecule has 5 rings (SSSR count). The molecule has 0 saturated carbocycles. The number of amidine groups is 1. The Bertz CT molecular complexity index is 1400. The zero-order valence-electron chi connectivity index (χ0n) is 18.1. The Hall–Kier alpha value is -3.85. The van der Waals surface area contributed by atoms with Gasteiger partial charge in [0.25, 0.3) is 5.91 Å². The summed E-state index contributed by atoms with van der Waals surface area (Å²) in [7, 11) is 0. The zero-order valence-corrected chi connectivity index (χ0v) is 18.9. The molecule has 0 bridgehead atoms. The van der Waals surface area contributed by atoms with Crippen LogP contribution in [-0.2, 0) is 0 Å². The molecule has 0 aliphatic carbocycles. The molecule has 3 aromatic carbocycles. The average Bonchev–Trinajstić information content (AvgIpc) is 3.35. The minimum Gasteiger partial charge on any atom is -0.357 e. The van der Waals surface area contributed by atoms with Gasteiger partial charge >= 0.3 is 0 Å². The van der Waals surface area contributed by atoms with Gasteiger partial charge in [0.05, 0.1) is 11.4 Å². The molecule has 0 spiro atoms. The van der Waals surface area contributed by atoms with E-state index in [0.29, 0.717) is 16.3 Å². The van der Waals surface area contributed by atoms with Crippen LogP contribution >= 0.6 is 11.6 Å². The Kier molecular flexibility index (Phi) is 5.93. The lowest BCUT2D eigenvalue weighted by Gasteiger charge is -2.29. The summed E-state index contributed by atoms with van der Waals surface area (Å²) in [5, 5.41) is 24.7. The van der Waals surface area contributed by atoms with Crippen LogP contribution in [0.5, 0.6) is 0 Å². The third-order valence-electron chi connectivity index (χ3n) is 5.87. The molecule has 0 radical (unpaired) electrons. The van der Waals surface area contributed by atoms with Crippen LogP contribution in [0.15, 0.2) is 54.6 Å². The highest BCUT2D eigenvalue weighted by Crippen LogP contribution is 2.23. The molecule has 1 aliphatic rings. The Morgan fingerprint density at radius 1 is 1.00 bits per heavy atom. The van der Waals surface area contributed by atoms with E-state index in [1.807, 2.05) is 29.2 Å². The molecule has 172 valence electrons. The second-order valence-corrected chi connectivity index (χ2v) is 8.57. The van der Waals surface area contributed by atoms with Crippen LogP contribution in [0.4, 0.5) is 10.1 Å². The van der Waals surface area contributed by atoms with Crippen LogP contribution in [0.2, 0.25) is 5.02 Å². The van der Waals surface area contributed by atoms with E-state index in [1.165, 1.54) is 16.8 Å². The van der Waals surface area contributed by atoms with Crippen molar-refractivity contribution >= 4 is 39.8 Å². The first kappa shape index (κ1) is 22.0. The number of hydrogen-bond donors (Lipinski definition) is 2. The lowest BCUT2D eigenvalue weighted by molar-refractivity contribution is 0.101. The number of rotatable bonds is 4. The summed E-state index contributed by atoms with van der Waals surface area (Å²) < 4.78 is 16.1. The van der Waals surface area contributed by atoms with Crippen molar-refractivity contribution < 1.29 is 9.18 Å². The Labute approximate surface area is 199 Å². The number of carbonyl (C=O) groups is 1. The number of aromatic nitrogens is 4. The lowest BCUT2D eigenvalue weighted by atomic mass is 10.1. The fraction of sp³-hybridized carbons (Fsp3) is 0.208. The third-order valence-corrected chi connectivity index (χ3v) is 6.10. The minimum absolute atomic E-state index is 0.0112. The van der Waals surface area contributed by atoms with Gasteiger partial charge in [-0.1, -0.05) is 23.7 Å². The Morgan fingerprint density at radius 2 is 1.76 bits per heavy atom. The van der Waals surface area contributed by atoms with E-state index in [2.05, 4.69) is 20.8 Å². The molecule has 8 nitrogen and oxygen atoms in total. The number of carbonyl (C=O) groups excluding carboxylic acids is 1. The van der Waals surface area contributed by atoms with Gasteiger partial charge in [0.1, 0.15) is 11.7 Å². The van der Waals surface area contributed by atoms with Crippen molar-refractivity contribution in [1.29, 1.82) is 5.41 Å². The molecule has 0 atom stereocenters. The van der Waals surface area contributed by atoms with Crippen LogP contribution in [0.25, 0.3) is 16.5 Å². The normalized spacial score (nSPS) is 13.8. The van der Waals surface area contributed by atoms with Gasteiger partial charge in [0.15, 0.2) is 0 Å². The summed E-state index contributed by atoms with van der Waals surface area (Å²) in [6, 6.07) is 15.3. The number of likely N-dealkylation sites (tertiary alicyclic amines) is 1. The summed E-state index contributed by atoms with van der Waals surface area (Å²) >= 11 is 6.05. The van der Waals surface area contributed by atoms with Crippen molar-refractivity contribution in [2.75, 3.05) is 18.4 Å². The van der Waals surface area contributed by atoms with Crippen LogP contribution in [0.3, 0.4) is 0 Å². The van der Waals surface area contributed by atoms with E-state index in [0.717, 1.165) is 43.1 Å². The highest BCUT2D eigenvalue weighted by Gasteiger charge is 2.20. The van der Waals surface area contributed by atoms with Gasteiger partial charge in [-0.3, -0.25) is 10.2 Å². The largest absolute Gasteiger partial charge is 0.357 e. The second-order valence-electron chi connectivity index (χ2n) is 8.14. The van der Waals surface area contributed by atoms with E-state index in [9.17, 15) is 9.18 Å². The smallest absolute Gasteiger partial charge is 0.295 e. The topological polar surface area (TPSA) is 99.8 Å². The number of benzene rings is 3. The molecular weight excluding hydrogens is 457 g/mol. The van der Waals surface area contributed by atoms with Gasteiger partial charge < -0.3 is 10.2 Å². The Balaban J connectivity index is 1.36. The van der Waals surface area contributed by atoms with E-state index in [-0.39, 0.29) is 17.3 Å². The third kappa shape index (κ3) is 4.34. The van der Waals surface area contributed by atoms with E-state index >= 15 is 0 Å². The number of hydrogen-bond acceptors (Lipinski definition) is 5. The summed E-state index contributed by atoms with van der Waals surface area (Å²) in [6.07, 6.45) is 3.20. The summed E-state index contributed by atoms with van der Waals surface area (Å²) in [5.74, 6) is -1.08. The molecule has 34 heavy (non-hydrogen) atoms. The van der Waals surface area contributed by atoms with Crippen LogP contribution in [0.1, 0.15) is 35.4 Å². The van der Waals surface area contributed by atoms with Crippen molar-refractivity contribution in [2.24, 2.45) is 0 Å². The maximum atomic E-state index is 14.8. The highest BCUT2D eigenvalue weighted by molar-refractivity contribution is 6.31. The van der Waals surface area contributed by atoms with Gasteiger partial charge in [-0.2, -0.15) is 4.68 Å². The van der Waals surface area contributed by atoms with Gasteiger partial charge in [-0.15, -0.1) is 5.10 Å². The predicted octanol–water partition coefficient (Wildman–Crippen LogP) is 4.67. The second kappa shape index (κ2) is 9.18. The molecule has 2 N–H and O–H groups in total. The van der Waals surface area contributed by atoms with Crippen molar-refractivity contribution in [3.05, 3.63) is 76.8 Å². The SMILES string of the molecule is N=C(c1ccc(NC(=O)c2nnnn2-c2ccc3cc(Cl)ccc3c2)c(F)c1)N1CCCCC1. The number of tetrazole rings is 1. The molecular formula is C24H21ClFN7O. The number of halogens is 2. The van der Waals surface area contributed by atoms with E-state index in [4.69, 9.17) is 17.0 Å². The quantitative estimate of drug-likeness (QED) is 0.328. The van der Waals surface area contributed by atoms with Gasteiger partial charge in [0.2, 0.25) is 5.82 Å². The number of piperidine rings is 1. The molecule has 1 aliphatic heterocycles. The first-order valence-corrected chi connectivity index (χ1v) is 11.3. The molecule has 4 aromatic rings. The maximum Gasteiger partial charge on any atom is 0.295 e. The summed E-state index contributed by atoms with van der Waals surface area (Å²) in [4.78, 5) is 14.8. The first-order chi connectivity index (χ1) is 16.5. The standard InChI is InChI=1S/C24H21ClFN7O/c25-18-7-4-16-13-19(8-5-15(16)12-18)33-23(29-30-31-33)24(34)28-21-9-6-17(14-20(21)26)22(27)32-10-2-1-3-11-32/h4-9,12-14,27H,1-3,10-11H2,(H,28,34). The Morgan fingerprint density at radius 3 is 2.56 bits per heavy atom. The average molecular weight is 478 g/mol. The zero-order chi connectivity index (χ0) is 23.7. The van der Waals surface area contributed by atoms with Crippen LogP contribution in [0, 0.1) is 11.2 Å². The number of anilines is 1. The van der Waals surface area contributed by atoms with Gasteiger partial charge in [-0.05, 0) is 82.9 Å². The van der Waals surface area contributed by atoms with E-state index in [1.54, 1.807) is 18.2 Å². The maximum absolute atomic E-state index is 14.8. The number of amides is 1. The van der Waals surface area contributed by atoms with Gasteiger partial charge in [-0.25, -0.2) is 4.39 Å². The summed E-state index contributed by atoms with van der Waals surface area (Å²) in [5.41, 5.74) is 1.04. The van der Waals surface area contributed by atoms with Gasteiger partial charge in [0, 0.05) is 23.7 Å². The summed E-state index contributed by atoms with van der Waals surface area (Å²) in [6.45, 7) is 1.59. The lowest BCUT2D eigenvalue weighted by Crippen LogP contribution is -2.35. The molecule has 10 heteroatoms. The molecule has 0 unspecified atom stereocenters. The fourth-order valence-corrected chi connectivity index (χ4v) is 4.26. The molecule has 1 aromatic heterocycles. The molecule has 2 heterocycles. The molecule has 1 fully saturated rings. The van der Waals surface area contributed by atoms with Crippen molar-refractivity contribution in [2.45, 2.75) is 19.3 Å². The number of nitrogens with zero attached hydrogens (tertiary/aromatic N) is 5. The minimum atomic E-state index is -0.654. The van der Waals surface area contributed by atoms with Crippen LogP contribution < -0.4 is 5.32 Å². The highest BCUT2D eigenvalue weighted by atomic mass is 35.5. The van der Waals surface area contributed by atoms with Crippen molar-refractivity contribution in [3.8, 4) is 5.69 Å². The van der Waals surface area contributed by atoms with Crippen LogP contribution in [-0.4, -0.2) is 49.9 Å². The van der Waals surface area contributed by atoms with Crippen molar-refractivity contribution in [1.82, 2.24) is 25.1 Å². The number of fused-ring (bicyclic) bond motifs is 1. The number of nitrogens with one attached hydrogen (secondary N) is 2. The molecule has 1 saturated heterocycles. The predicted molar refractivity (Wildman–Crippen MR) is 128 cm³/mol. The van der Waals surface area contributed by atoms with E-state index < -0.39 is 11.7 Å². The first-order valence-electron chi connectivity index (χ1n) is 10.9. The monoisotopic (exact) mass is 477 g/mol. The molecule has 1 amide bonds. The van der Waals surface area contributed by atoms with Crippen molar-refractivity contribution in [3.63, 3.8) is 0 Å². The fourth-order valence-electron chi connectivity index (χ4n) is 4.08.